The van der Waals surface area contributed by atoms with Crippen LogP contribution in [0.3, 0.4) is 0 Å². The molecule has 1 heterocycles. The Morgan fingerprint density at radius 1 is 1.30 bits per heavy atom. The second-order valence-electron chi connectivity index (χ2n) is 4.28. The second kappa shape index (κ2) is 7.41. The summed E-state index contributed by atoms with van der Waals surface area (Å²) in [7, 11) is 1.48. The third-order valence-electron chi connectivity index (χ3n) is 2.66. The van der Waals surface area contributed by atoms with Gasteiger partial charge < -0.3 is 14.8 Å². The Labute approximate surface area is 135 Å². The average molecular weight is 338 g/mol. The molecule has 9 heteroatoms. The molecule has 0 aliphatic rings. The Hall–Kier alpha value is -2.87. The number of aromatic nitrogens is 2. The van der Waals surface area contributed by atoms with Crippen LogP contribution in [0.4, 0.5) is 5.69 Å². The van der Waals surface area contributed by atoms with Crippen LogP contribution in [0, 0.1) is 0 Å². The first-order chi connectivity index (χ1) is 11.0. The number of halogens is 1. The van der Waals surface area contributed by atoms with Crippen LogP contribution in [0.1, 0.15) is 10.5 Å². The van der Waals surface area contributed by atoms with Crippen LogP contribution in [0.25, 0.3) is 0 Å². The van der Waals surface area contributed by atoms with E-state index < -0.39 is 24.0 Å². The monoisotopic (exact) mass is 337 g/mol. The van der Waals surface area contributed by atoms with Crippen LogP contribution in [0.2, 0.25) is 5.02 Å². The number of carbonyl (C=O) groups is 2. The lowest BCUT2D eigenvalue weighted by atomic mass is 10.3. The number of amides is 1. The fourth-order valence-electron chi connectivity index (χ4n) is 1.60. The van der Waals surface area contributed by atoms with Gasteiger partial charge in [0.1, 0.15) is 5.75 Å². The van der Waals surface area contributed by atoms with E-state index in [9.17, 15) is 14.4 Å². The minimum atomic E-state index is -0.829. The minimum Gasteiger partial charge on any atom is -0.495 e. The number of benzene rings is 1. The van der Waals surface area contributed by atoms with Gasteiger partial charge in [-0.1, -0.05) is 11.6 Å². The third-order valence-corrected chi connectivity index (χ3v) is 2.95. The number of carbonyl (C=O) groups excluding carboxylic acids is 2. The molecule has 2 rings (SSSR count). The molecule has 0 bridgehead atoms. The zero-order valence-electron chi connectivity index (χ0n) is 12.0. The molecule has 0 unspecified atom stereocenters. The van der Waals surface area contributed by atoms with Crippen molar-refractivity contribution in [2.24, 2.45) is 0 Å². The van der Waals surface area contributed by atoms with E-state index in [0.717, 1.165) is 6.07 Å². The van der Waals surface area contributed by atoms with Crippen molar-refractivity contribution in [3.05, 3.63) is 51.4 Å². The van der Waals surface area contributed by atoms with Crippen molar-refractivity contribution in [1.82, 2.24) is 10.2 Å². The molecule has 0 saturated carbocycles. The number of H-pyrrole nitrogens is 1. The lowest BCUT2D eigenvalue weighted by Crippen LogP contribution is -2.22. The number of hydrogen-bond acceptors (Lipinski definition) is 6. The predicted molar refractivity (Wildman–Crippen MR) is 81.8 cm³/mol. The maximum atomic E-state index is 11.7. The molecule has 1 amide bonds. The molecule has 0 aliphatic heterocycles. The van der Waals surface area contributed by atoms with Crippen LogP contribution in [-0.4, -0.2) is 35.8 Å². The highest BCUT2D eigenvalue weighted by molar-refractivity contribution is 6.32. The molecule has 23 heavy (non-hydrogen) atoms. The van der Waals surface area contributed by atoms with Gasteiger partial charge in [0.2, 0.25) is 0 Å². The minimum absolute atomic E-state index is 0.107. The van der Waals surface area contributed by atoms with Gasteiger partial charge in [-0.15, -0.1) is 0 Å². The van der Waals surface area contributed by atoms with Gasteiger partial charge in [-0.2, -0.15) is 5.10 Å². The molecule has 1 aromatic heterocycles. The average Bonchev–Trinajstić information content (AvgIpc) is 2.53. The Morgan fingerprint density at radius 3 is 2.70 bits per heavy atom. The lowest BCUT2D eigenvalue weighted by Gasteiger charge is -2.08. The largest absolute Gasteiger partial charge is 0.495 e. The first kappa shape index (κ1) is 16.5. The van der Waals surface area contributed by atoms with Gasteiger partial charge >= 0.3 is 5.97 Å². The van der Waals surface area contributed by atoms with Gasteiger partial charge in [0, 0.05) is 11.8 Å². The molecule has 0 fully saturated rings. The fourth-order valence-corrected chi connectivity index (χ4v) is 1.86. The molecule has 0 atom stereocenters. The molecule has 0 aliphatic carbocycles. The fraction of sp³-hybridized carbons (Fsp3) is 0.143. The van der Waals surface area contributed by atoms with E-state index in [1.54, 1.807) is 12.1 Å². The summed E-state index contributed by atoms with van der Waals surface area (Å²) in [5.74, 6) is -0.909. The summed E-state index contributed by atoms with van der Waals surface area (Å²) in [4.78, 5) is 34.2. The molecule has 1 aromatic carbocycles. The van der Waals surface area contributed by atoms with Gasteiger partial charge in [0.25, 0.3) is 11.5 Å². The molecular weight excluding hydrogens is 326 g/mol. The van der Waals surface area contributed by atoms with Crippen molar-refractivity contribution in [1.29, 1.82) is 0 Å². The van der Waals surface area contributed by atoms with Crippen LogP contribution < -0.4 is 15.6 Å². The highest BCUT2D eigenvalue weighted by Gasteiger charge is 2.12. The van der Waals surface area contributed by atoms with Gasteiger partial charge in [-0.3, -0.25) is 9.59 Å². The van der Waals surface area contributed by atoms with Gasteiger partial charge in [0.05, 0.1) is 12.1 Å². The third kappa shape index (κ3) is 4.55. The van der Waals surface area contributed by atoms with Gasteiger partial charge in [-0.25, -0.2) is 9.89 Å². The van der Waals surface area contributed by atoms with Crippen LogP contribution in [0.5, 0.6) is 5.75 Å². The summed E-state index contributed by atoms with van der Waals surface area (Å²) in [5, 5.41) is 8.44. The number of methoxy groups -OCH3 is 1. The molecule has 0 radical (unpaired) electrons. The molecule has 8 nitrogen and oxygen atoms in total. The molecule has 120 valence electrons. The maximum absolute atomic E-state index is 11.7. The Morgan fingerprint density at radius 2 is 2.09 bits per heavy atom. The van der Waals surface area contributed by atoms with E-state index in [2.05, 4.69) is 15.5 Å². The molecule has 0 saturated heterocycles. The first-order valence-corrected chi connectivity index (χ1v) is 6.73. The summed E-state index contributed by atoms with van der Waals surface area (Å²) in [5.41, 5.74) is -0.125. The summed E-state index contributed by atoms with van der Waals surface area (Å²) in [6.07, 6.45) is 0. The first-order valence-electron chi connectivity index (χ1n) is 6.36. The topological polar surface area (TPSA) is 110 Å². The van der Waals surface area contributed by atoms with Crippen LogP contribution >= 0.6 is 11.6 Å². The molecular formula is C14H12ClN3O5. The number of esters is 1. The summed E-state index contributed by atoms with van der Waals surface area (Å²) in [6, 6.07) is 7.01. The summed E-state index contributed by atoms with van der Waals surface area (Å²) >= 11 is 5.93. The Bertz CT molecular complexity index is 770. The van der Waals surface area contributed by atoms with Gasteiger partial charge in [-0.05, 0) is 24.3 Å². The van der Waals surface area contributed by atoms with Crippen molar-refractivity contribution >= 4 is 29.2 Å². The molecule has 2 aromatic rings. The van der Waals surface area contributed by atoms with Gasteiger partial charge in [0.15, 0.2) is 12.3 Å². The summed E-state index contributed by atoms with van der Waals surface area (Å²) in [6.45, 7) is -0.511. The van der Waals surface area contributed by atoms with Crippen molar-refractivity contribution < 1.29 is 19.1 Å². The van der Waals surface area contributed by atoms with E-state index >= 15 is 0 Å². The standard InChI is InChI=1S/C14H12ClN3O5/c1-22-11-4-2-8(6-9(11)15)16-13(20)7-23-14(21)10-3-5-12(19)18-17-10/h2-6H,7H2,1H3,(H,16,20)(H,18,19). The normalized spacial score (nSPS) is 10.0. The van der Waals surface area contributed by atoms with Crippen LogP contribution in [-0.2, 0) is 9.53 Å². The number of aromatic amines is 1. The number of hydrogen-bond donors (Lipinski definition) is 2. The number of nitrogens with one attached hydrogen (secondary N) is 2. The van der Waals surface area contributed by atoms with E-state index in [4.69, 9.17) is 21.1 Å². The van der Waals surface area contributed by atoms with E-state index in [-0.39, 0.29) is 5.69 Å². The number of anilines is 1. The zero-order chi connectivity index (χ0) is 16.8. The molecule has 2 N–H and O–H groups in total. The highest BCUT2D eigenvalue weighted by atomic mass is 35.5. The van der Waals surface area contributed by atoms with Crippen molar-refractivity contribution in [2.75, 3.05) is 19.0 Å². The van der Waals surface area contributed by atoms with Crippen molar-refractivity contribution in [3.63, 3.8) is 0 Å². The Kier molecular flexibility index (Phi) is 5.32. The van der Waals surface area contributed by atoms with E-state index in [1.807, 2.05) is 0 Å². The zero-order valence-corrected chi connectivity index (χ0v) is 12.7. The number of nitrogens with zero attached hydrogens (tertiary/aromatic N) is 1. The number of rotatable bonds is 5. The summed E-state index contributed by atoms with van der Waals surface area (Å²) < 4.78 is 9.78. The maximum Gasteiger partial charge on any atom is 0.359 e. The Balaban J connectivity index is 1.90. The van der Waals surface area contributed by atoms with Crippen LogP contribution in [0.15, 0.2) is 35.1 Å². The van der Waals surface area contributed by atoms with E-state index in [1.165, 1.54) is 19.2 Å². The second-order valence-corrected chi connectivity index (χ2v) is 4.69. The van der Waals surface area contributed by atoms with Crippen molar-refractivity contribution in [3.8, 4) is 5.75 Å². The SMILES string of the molecule is COc1ccc(NC(=O)COC(=O)c2ccc(=O)[nH]n2)cc1Cl. The predicted octanol–water partition coefficient (Wildman–Crippen LogP) is 1.23. The molecule has 0 spiro atoms. The highest BCUT2D eigenvalue weighted by Crippen LogP contribution is 2.27. The van der Waals surface area contributed by atoms with E-state index in [0.29, 0.717) is 16.5 Å². The van der Waals surface area contributed by atoms with Crippen molar-refractivity contribution in [2.45, 2.75) is 0 Å². The smallest absolute Gasteiger partial charge is 0.359 e. The number of ether oxygens (including phenoxy) is 2. The quantitative estimate of drug-likeness (QED) is 0.794. The lowest BCUT2D eigenvalue weighted by molar-refractivity contribution is -0.119.